The predicted molar refractivity (Wildman–Crippen MR) is 140 cm³/mol. The number of aromatic nitrogens is 2. The first-order valence-electron chi connectivity index (χ1n) is 14.1. The van der Waals surface area contributed by atoms with E-state index >= 15 is 0 Å². The monoisotopic (exact) mass is 513 g/mol. The van der Waals surface area contributed by atoms with Crippen molar-refractivity contribution in [3.63, 3.8) is 0 Å². The average Bonchev–Trinajstić information content (AvgIpc) is 3.53. The lowest BCUT2D eigenvalue weighted by atomic mass is 9.84. The normalized spacial score (nSPS) is 32.6. The number of amides is 1. The molecule has 5 heterocycles. The molecular formula is C26H39N7O2S. The molecule has 1 aromatic rings. The van der Waals surface area contributed by atoms with Crippen molar-refractivity contribution in [1.29, 1.82) is 0 Å². The second kappa shape index (κ2) is 8.71. The molecule has 6 aliphatic rings. The zero-order valence-electron chi connectivity index (χ0n) is 21.4. The van der Waals surface area contributed by atoms with Gasteiger partial charge >= 0.3 is 0 Å². The maximum Gasteiger partial charge on any atom is 0.239 e. The molecule has 2 saturated carbocycles. The van der Waals surface area contributed by atoms with Gasteiger partial charge in [-0.2, -0.15) is 4.98 Å². The standard InChI is InChI=1S/C26H39N7O2S/c1-18-5-4-6-21(18)33-22-20(26(10-11-26)23(33)34)15-27-24(30-22)29-19-7-13-31(14-8-19)36(35)32-16-25(17-32)9-2-3-12-28-25/h15,18-19,21,28H,2-14,16-17H2,1H3,(H,27,29,30). The van der Waals surface area contributed by atoms with Crippen LogP contribution in [0.1, 0.15) is 76.7 Å². The van der Waals surface area contributed by atoms with E-state index in [0.29, 0.717) is 11.9 Å². The van der Waals surface area contributed by atoms with Crippen LogP contribution in [-0.2, 0) is 21.4 Å². The van der Waals surface area contributed by atoms with Gasteiger partial charge in [0, 0.05) is 55.6 Å². The Morgan fingerprint density at radius 3 is 2.53 bits per heavy atom. The van der Waals surface area contributed by atoms with E-state index in [1.165, 1.54) is 32.1 Å². The van der Waals surface area contributed by atoms with E-state index in [1.807, 2.05) is 11.1 Å². The topological polar surface area (TPSA) is 93.7 Å². The third kappa shape index (κ3) is 3.74. The number of carbonyl (C=O) groups excluding carboxylic acids is 1. The van der Waals surface area contributed by atoms with E-state index in [0.717, 1.165) is 76.2 Å². The Morgan fingerprint density at radius 2 is 1.86 bits per heavy atom. The number of piperidine rings is 2. The van der Waals surface area contributed by atoms with Crippen molar-refractivity contribution >= 4 is 28.8 Å². The predicted octanol–water partition coefficient (Wildman–Crippen LogP) is 2.33. The minimum Gasteiger partial charge on any atom is -0.351 e. The molecule has 196 valence electrons. The van der Waals surface area contributed by atoms with Gasteiger partial charge in [0.05, 0.1) is 5.41 Å². The van der Waals surface area contributed by atoms with Crippen LogP contribution in [0.2, 0.25) is 0 Å². The van der Waals surface area contributed by atoms with Crippen LogP contribution in [0, 0.1) is 5.92 Å². The second-order valence-corrected chi connectivity index (χ2v) is 13.7. The van der Waals surface area contributed by atoms with Crippen molar-refractivity contribution in [1.82, 2.24) is 23.9 Å². The lowest BCUT2D eigenvalue weighted by Crippen LogP contribution is -2.71. The van der Waals surface area contributed by atoms with E-state index < -0.39 is 11.2 Å². The van der Waals surface area contributed by atoms with Crippen molar-refractivity contribution in [2.24, 2.45) is 5.92 Å². The number of hydrogen-bond donors (Lipinski definition) is 2. The van der Waals surface area contributed by atoms with Crippen LogP contribution >= 0.6 is 0 Å². The van der Waals surface area contributed by atoms with E-state index in [1.54, 1.807) is 0 Å². The summed E-state index contributed by atoms with van der Waals surface area (Å²) < 4.78 is 17.4. The Bertz CT molecular complexity index is 1060. The van der Waals surface area contributed by atoms with Crippen LogP contribution in [0.25, 0.3) is 0 Å². The number of nitrogens with one attached hydrogen (secondary N) is 2. The van der Waals surface area contributed by atoms with Crippen LogP contribution in [0.5, 0.6) is 0 Å². The molecule has 2 aliphatic carbocycles. The highest BCUT2D eigenvalue weighted by molar-refractivity contribution is 7.80. The quantitative estimate of drug-likeness (QED) is 0.628. The van der Waals surface area contributed by atoms with Crippen molar-refractivity contribution in [3.05, 3.63) is 11.8 Å². The molecule has 4 aliphatic heterocycles. The molecule has 0 aromatic carbocycles. The number of fused-ring (bicyclic) bond motifs is 2. The highest BCUT2D eigenvalue weighted by atomic mass is 32.2. The summed E-state index contributed by atoms with van der Waals surface area (Å²) >= 11 is -1.05. The largest absolute Gasteiger partial charge is 0.351 e. The molecule has 0 radical (unpaired) electrons. The van der Waals surface area contributed by atoms with Gasteiger partial charge in [-0.25, -0.2) is 17.8 Å². The summed E-state index contributed by atoms with van der Waals surface area (Å²) in [6, 6.07) is 0.520. The van der Waals surface area contributed by atoms with Crippen molar-refractivity contribution in [2.45, 2.75) is 94.2 Å². The van der Waals surface area contributed by atoms with Crippen LogP contribution in [0.3, 0.4) is 0 Å². The molecule has 1 amide bonds. The third-order valence-electron chi connectivity index (χ3n) is 9.81. The van der Waals surface area contributed by atoms with E-state index in [-0.39, 0.29) is 28.9 Å². The summed E-state index contributed by atoms with van der Waals surface area (Å²) in [5.74, 6) is 2.26. The molecule has 2 spiro atoms. The SMILES string of the molecule is CC1CCCC1N1C(=O)C2(CC2)c2cnc(NC3CCN(S(=O)N4CC5(CCCCN5)C4)CC3)nc21. The van der Waals surface area contributed by atoms with Crippen LogP contribution in [0.4, 0.5) is 11.8 Å². The number of rotatable bonds is 5. The summed E-state index contributed by atoms with van der Waals surface area (Å²) in [7, 11) is 0. The molecule has 7 rings (SSSR count). The van der Waals surface area contributed by atoms with Crippen molar-refractivity contribution < 1.29 is 9.00 Å². The zero-order valence-corrected chi connectivity index (χ0v) is 22.2. The van der Waals surface area contributed by atoms with Gasteiger partial charge in [0.25, 0.3) is 0 Å². The lowest BCUT2D eigenvalue weighted by molar-refractivity contribution is -0.120. The highest BCUT2D eigenvalue weighted by Crippen LogP contribution is 2.58. The summed E-state index contributed by atoms with van der Waals surface area (Å²) in [4.78, 5) is 25.1. The number of carbonyl (C=O) groups is 1. The zero-order chi connectivity index (χ0) is 24.5. The maximum atomic E-state index is 13.5. The maximum absolute atomic E-state index is 13.5. The Balaban J connectivity index is 0.985. The molecule has 10 heteroatoms. The first kappa shape index (κ1) is 23.5. The van der Waals surface area contributed by atoms with Crippen LogP contribution in [-0.4, -0.2) is 79.0 Å². The Labute approximate surface area is 216 Å². The molecule has 36 heavy (non-hydrogen) atoms. The molecule has 0 bridgehead atoms. The molecule has 3 saturated heterocycles. The average molecular weight is 514 g/mol. The minimum atomic E-state index is -1.05. The molecule has 1 aromatic heterocycles. The molecular weight excluding hydrogens is 474 g/mol. The number of hydrogen-bond acceptors (Lipinski definition) is 6. The van der Waals surface area contributed by atoms with Gasteiger partial charge in [0.2, 0.25) is 11.9 Å². The summed E-state index contributed by atoms with van der Waals surface area (Å²) in [6.45, 7) is 6.77. The van der Waals surface area contributed by atoms with Gasteiger partial charge in [-0.3, -0.25) is 9.69 Å². The van der Waals surface area contributed by atoms with Gasteiger partial charge < -0.3 is 10.6 Å². The van der Waals surface area contributed by atoms with E-state index in [2.05, 4.69) is 31.2 Å². The Hall–Kier alpha value is -1.62. The lowest BCUT2D eigenvalue weighted by Gasteiger charge is -2.52. The Kier molecular flexibility index (Phi) is 5.69. The van der Waals surface area contributed by atoms with Crippen LogP contribution < -0.4 is 15.5 Å². The van der Waals surface area contributed by atoms with Crippen molar-refractivity contribution in [3.8, 4) is 0 Å². The summed E-state index contributed by atoms with van der Waals surface area (Å²) in [5, 5.41) is 7.21. The Morgan fingerprint density at radius 1 is 1.06 bits per heavy atom. The van der Waals surface area contributed by atoms with E-state index in [4.69, 9.17) is 4.98 Å². The van der Waals surface area contributed by atoms with Gasteiger partial charge in [0.15, 0.2) is 11.2 Å². The number of anilines is 2. The molecule has 5 fully saturated rings. The fourth-order valence-corrected chi connectivity index (χ4v) is 8.94. The van der Waals surface area contributed by atoms with E-state index in [9.17, 15) is 9.00 Å². The third-order valence-corrected chi connectivity index (χ3v) is 11.3. The number of nitrogens with zero attached hydrogens (tertiary/aromatic N) is 5. The van der Waals surface area contributed by atoms with Crippen molar-refractivity contribution in [2.75, 3.05) is 42.9 Å². The first-order chi connectivity index (χ1) is 17.5. The smallest absolute Gasteiger partial charge is 0.239 e. The first-order valence-corrected chi connectivity index (χ1v) is 15.2. The fourth-order valence-electron chi connectivity index (χ4n) is 7.37. The molecule has 3 unspecified atom stereocenters. The fraction of sp³-hybridized carbons (Fsp3) is 0.808. The van der Waals surface area contributed by atoms with Crippen LogP contribution in [0.15, 0.2) is 6.20 Å². The minimum absolute atomic E-state index is 0.212. The van der Waals surface area contributed by atoms with Gasteiger partial charge in [-0.15, -0.1) is 0 Å². The molecule has 2 N–H and O–H groups in total. The summed E-state index contributed by atoms with van der Waals surface area (Å²) in [5.41, 5.74) is 0.916. The molecule has 9 nitrogen and oxygen atoms in total. The summed E-state index contributed by atoms with van der Waals surface area (Å²) in [6.07, 6.45) is 12.8. The van der Waals surface area contributed by atoms with Gasteiger partial charge in [0.1, 0.15) is 5.82 Å². The molecule has 3 atom stereocenters. The highest BCUT2D eigenvalue weighted by Gasteiger charge is 2.62. The van der Waals surface area contributed by atoms with Gasteiger partial charge in [-0.05, 0) is 63.8 Å². The van der Waals surface area contributed by atoms with Gasteiger partial charge in [-0.1, -0.05) is 19.8 Å². The second-order valence-electron chi connectivity index (χ2n) is 12.2.